The standard InChI is InChI=1S/C15H18N2O3/c18-14-10-13(12-4-2-1-3-5-12)15(19)17(14)11-16-6-8-20-9-7-16/h1-5,13H,6-11H2/t13-/m0/s1. The number of hydrogen-bond acceptors (Lipinski definition) is 4. The molecule has 106 valence electrons. The molecule has 5 nitrogen and oxygen atoms in total. The Bertz CT molecular complexity index is 497. The Morgan fingerprint density at radius 3 is 2.50 bits per heavy atom. The number of hydrogen-bond donors (Lipinski definition) is 0. The van der Waals surface area contributed by atoms with Crippen LogP contribution in [0.4, 0.5) is 0 Å². The number of benzene rings is 1. The summed E-state index contributed by atoms with van der Waals surface area (Å²) in [4.78, 5) is 28.0. The van der Waals surface area contributed by atoms with Crippen LogP contribution >= 0.6 is 0 Å². The van der Waals surface area contributed by atoms with Gasteiger partial charge in [-0.2, -0.15) is 0 Å². The van der Waals surface area contributed by atoms with E-state index in [9.17, 15) is 9.59 Å². The molecule has 2 saturated heterocycles. The van der Waals surface area contributed by atoms with Crippen LogP contribution in [0.1, 0.15) is 17.9 Å². The van der Waals surface area contributed by atoms with Gasteiger partial charge in [0.1, 0.15) is 0 Å². The van der Waals surface area contributed by atoms with Crippen molar-refractivity contribution in [2.24, 2.45) is 0 Å². The van der Waals surface area contributed by atoms with Crippen LogP contribution in [-0.4, -0.2) is 54.6 Å². The number of amides is 2. The van der Waals surface area contributed by atoms with Crippen LogP contribution in [0.25, 0.3) is 0 Å². The molecule has 1 aromatic rings. The van der Waals surface area contributed by atoms with Crippen LogP contribution < -0.4 is 0 Å². The summed E-state index contributed by atoms with van der Waals surface area (Å²) in [5, 5.41) is 0. The van der Waals surface area contributed by atoms with E-state index in [0.29, 0.717) is 19.9 Å². The largest absolute Gasteiger partial charge is 0.379 e. The first-order valence-electron chi connectivity index (χ1n) is 6.95. The normalized spacial score (nSPS) is 24.4. The molecule has 0 radical (unpaired) electrons. The fraction of sp³-hybridized carbons (Fsp3) is 0.467. The number of rotatable bonds is 3. The van der Waals surface area contributed by atoms with Crippen molar-refractivity contribution in [1.29, 1.82) is 0 Å². The van der Waals surface area contributed by atoms with Crippen molar-refractivity contribution < 1.29 is 14.3 Å². The maximum Gasteiger partial charge on any atom is 0.238 e. The zero-order valence-electron chi connectivity index (χ0n) is 11.3. The van der Waals surface area contributed by atoms with E-state index >= 15 is 0 Å². The van der Waals surface area contributed by atoms with Crippen molar-refractivity contribution >= 4 is 11.8 Å². The summed E-state index contributed by atoms with van der Waals surface area (Å²) < 4.78 is 5.28. The van der Waals surface area contributed by atoms with Crippen molar-refractivity contribution in [3.05, 3.63) is 35.9 Å². The van der Waals surface area contributed by atoms with E-state index in [2.05, 4.69) is 4.90 Å². The smallest absolute Gasteiger partial charge is 0.238 e. The van der Waals surface area contributed by atoms with E-state index < -0.39 is 0 Å². The Labute approximate surface area is 118 Å². The van der Waals surface area contributed by atoms with Gasteiger partial charge in [-0.15, -0.1) is 0 Å². The summed E-state index contributed by atoms with van der Waals surface area (Å²) in [5.74, 6) is -0.465. The molecular formula is C15H18N2O3. The van der Waals surface area contributed by atoms with Crippen LogP contribution in [0.3, 0.4) is 0 Å². The molecule has 0 aromatic heterocycles. The third kappa shape index (κ3) is 2.59. The van der Waals surface area contributed by atoms with Gasteiger partial charge in [0.25, 0.3) is 0 Å². The third-order valence-corrected chi connectivity index (χ3v) is 3.89. The second-order valence-electron chi connectivity index (χ2n) is 5.20. The van der Waals surface area contributed by atoms with Crippen molar-refractivity contribution in [3.8, 4) is 0 Å². The molecule has 1 atom stereocenters. The van der Waals surface area contributed by atoms with Crippen molar-refractivity contribution in [3.63, 3.8) is 0 Å². The predicted octanol–water partition coefficient (Wildman–Crippen LogP) is 0.819. The van der Waals surface area contributed by atoms with E-state index in [1.165, 1.54) is 4.90 Å². The summed E-state index contributed by atoms with van der Waals surface area (Å²) in [5.41, 5.74) is 0.926. The number of nitrogens with zero attached hydrogens (tertiary/aromatic N) is 2. The maximum atomic E-state index is 12.4. The Morgan fingerprint density at radius 2 is 1.80 bits per heavy atom. The van der Waals surface area contributed by atoms with E-state index in [4.69, 9.17) is 4.74 Å². The first-order chi connectivity index (χ1) is 9.75. The second kappa shape index (κ2) is 5.73. The van der Waals surface area contributed by atoms with Gasteiger partial charge in [0.2, 0.25) is 11.8 Å². The molecule has 1 aromatic carbocycles. The molecule has 2 heterocycles. The Balaban J connectivity index is 1.70. The van der Waals surface area contributed by atoms with E-state index in [1.807, 2.05) is 30.3 Å². The molecule has 2 amide bonds. The molecule has 2 fully saturated rings. The molecule has 0 bridgehead atoms. The molecule has 3 rings (SSSR count). The molecule has 5 heteroatoms. The summed E-state index contributed by atoms with van der Waals surface area (Å²) in [6.45, 7) is 3.27. The lowest BCUT2D eigenvalue weighted by atomic mass is 9.98. The number of carbonyl (C=O) groups excluding carboxylic acids is 2. The van der Waals surface area contributed by atoms with E-state index in [0.717, 1.165) is 18.7 Å². The summed E-state index contributed by atoms with van der Waals surface area (Å²) in [6.07, 6.45) is 0.285. The molecule has 0 N–H and O–H groups in total. The third-order valence-electron chi connectivity index (χ3n) is 3.89. The number of carbonyl (C=O) groups is 2. The van der Waals surface area contributed by atoms with Gasteiger partial charge in [-0.25, -0.2) is 0 Å². The summed E-state index contributed by atoms with van der Waals surface area (Å²) in [6, 6.07) is 9.54. The first-order valence-corrected chi connectivity index (χ1v) is 6.95. The number of likely N-dealkylation sites (tertiary alicyclic amines) is 1. The molecule has 2 aliphatic rings. The van der Waals surface area contributed by atoms with Crippen LogP contribution in [0.2, 0.25) is 0 Å². The van der Waals surface area contributed by atoms with Gasteiger partial charge in [-0.05, 0) is 5.56 Å². The molecule has 0 spiro atoms. The Hall–Kier alpha value is -1.72. The molecule has 0 aliphatic carbocycles. The highest BCUT2D eigenvalue weighted by Crippen LogP contribution is 2.29. The lowest BCUT2D eigenvalue weighted by Gasteiger charge is -2.29. The lowest BCUT2D eigenvalue weighted by molar-refractivity contribution is -0.142. The number of imide groups is 1. The minimum Gasteiger partial charge on any atom is -0.379 e. The summed E-state index contributed by atoms with van der Waals surface area (Å²) in [7, 11) is 0. The van der Waals surface area contributed by atoms with Crippen LogP contribution in [0.5, 0.6) is 0 Å². The zero-order valence-corrected chi connectivity index (χ0v) is 11.3. The molecule has 20 heavy (non-hydrogen) atoms. The van der Waals surface area contributed by atoms with Gasteiger partial charge in [-0.3, -0.25) is 19.4 Å². The van der Waals surface area contributed by atoms with Gasteiger partial charge in [0, 0.05) is 19.5 Å². The SMILES string of the molecule is O=C1C[C@@H](c2ccccc2)C(=O)N1CN1CCOCC1. The van der Waals surface area contributed by atoms with Crippen molar-refractivity contribution in [2.45, 2.75) is 12.3 Å². The van der Waals surface area contributed by atoms with Crippen LogP contribution in [-0.2, 0) is 14.3 Å². The van der Waals surface area contributed by atoms with Gasteiger partial charge in [0.15, 0.2) is 0 Å². The minimum absolute atomic E-state index is 0.0738. The number of ether oxygens (including phenoxy) is 1. The molecular weight excluding hydrogens is 256 g/mol. The van der Waals surface area contributed by atoms with Gasteiger partial charge >= 0.3 is 0 Å². The lowest BCUT2D eigenvalue weighted by Crippen LogP contribution is -2.46. The molecule has 2 aliphatic heterocycles. The average molecular weight is 274 g/mol. The molecule has 0 saturated carbocycles. The average Bonchev–Trinajstić information content (AvgIpc) is 2.77. The Morgan fingerprint density at radius 1 is 1.10 bits per heavy atom. The van der Waals surface area contributed by atoms with Gasteiger partial charge in [0.05, 0.1) is 25.8 Å². The van der Waals surface area contributed by atoms with Crippen LogP contribution in [0.15, 0.2) is 30.3 Å². The van der Waals surface area contributed by atoms with Crippen molar-refractivity contribution in [2.75, 3.05) is 33.0 Å². The quantitative estimate of drug-likeness (QED) is 0.766. The summed E-state index contributed by atoms with van der Waals surface area (Å²) >= 11 is 0. The van der Waals surface area contributed by atoms with Gasteiger partial charge < -0.3 is 4.74 Å². The second-order valence-corrected chi connectivity index (χ2v) is 5.20. The minimum atomic E-state index is -0.315. The first kappa shape index (κ1) is 13.3. The molecule has 0 unspecified atom stereocenters. The van der Waals surface area contributed by atoms with Crippen molar-refractivity contribution in [1.82, 2.24) is 9.80 Å². The fourth-order valence-corrected chi connectivity index (χ4v) is 2.72. The zero-order chi connectivity index (χ0) is 13.9. The number of morpholine rings is 1. The highest BCUT2D eigenvalue weighted by Gasteiger charge is 2.39. The van der Waals surface area contributed by atoms with Crippen LogP contribution in [0, 0.1) is 0 Å². The Kier molecular flexibility index (Phi) is 3.80. The highest BCUT2D eigenvalue weighted by molar-refractivity contribution is 6.06. The predicted molar refractivity (Wildman–Crippen MR) is 72.9 cm³/mol. The van der Waals surface area contributed by atoms with E-state index in [1.54, 1.807) is 0 Å². The van der Waals surface area contributed by atoms with E-state index in [-0.39, 0.29) is 24.2 Å². The fourth-order valence-electron chi connectivity index (χ4n) is 2.72. The highest BCUT2D eigenvalue weighted by atomic mass is 16.5. The topological polar surface area (TPSA) is 49.9 Å². The van der Waals surface area contributed by atoms with Gasteiger partial charge in [-0.1, -0.05) is 30.3 Å². The maximum absolute atomic E-state index is 12.4. The monoisotopic (exact) mass is 274 g/mol.